The van der Waals surface area contributed by atoms with Crippen molar-refractivity contribution in [3.63, 3.8) is 0 Å². The zero-order valence-corrected chi connectivity index (χ0v) is 43.7. The van der Waals surface area contributed by atoms with Gasteiger partial charge in [-0.25, -0.2) is 0 Å². The van der Waals surface area contributed by atoms with Gasteiger partial charge in [-0.15, -0.1) is 11.3 Å². The molecule has 0 N–H and O–H groups in total. The van der Waals surface area contributed by atoms with E-state index in [1.54, 1.807) is 0 Å². The zero-order chi connectivity index (χ0) is 49.5. The Labute approximate surface area is 435 Å². The molecular formula is C66H70O6S. The fraction of sp³-hybridized carbons (Fsp3) is 0.364. The summed E-state index contributed by atoms with van der Waals surface area (Å²) in [6.07, 6.45) is 8.68. The molecule has 0 atom stereocenters. The van der Waals surface area contributed by atoms with Crippen molar-refractivity contribution in [1.29, 1.82) is 0 Å². The van der Waals surface area contributed by atoms with Crippen molar-refractivity contribution in [2.24, 2.45) is 10.8 Å². The van der Waals surface area contributed by atoms with Gasteiger partial charge in [0.25, 0.3) is 0 Å². The van der Waals surface area contributed by atoms with Crippen molar-refractivity contribution in [3.05, 3.63) is 157 Å². The van der Waals surface area contributed by atoms with Crippen LogP contribution >= 0.6 is 11.3 Å². The summed E-state index contributed by atoms with van der Waals surface area (Å²) in [6.45, 7) is 13.8. The summed E-state index contributed by atoms with van der Waals surface area (Å²) in [6, 6.07) is 54.5. The van der Waals surface area contributed by atoms with Gasteiger partial charge in [-0.3, -0.25) is 0 Å². The van der Waals surface area contributed by atoms with Crippen LogP contribution in [0.25, 0.3) is 85.9 Å². The van der Waals surface area contributed by atoms with E-state index in [-0.39, 0.29) is 10.8 Å². The highest BCUT2D eigenvalue weighted by Gasteiger charge is 2.37. The van der Waals surface area contributed by atoms with Crippen LogP contribution in [-0.2, 0) is 41.6 Å². The van der Waals surface area contributed by atoms with Gasteiger partial charge in [0.15, 0.2) is 0 Å². The number of rotatable bonds is 25. The van der Waals surface area contributed by atoms with Crippen molar-refractivity contribution in [2.75, 3.05) is 66.1 Å². The van der Waals surface area contributed by atoms with Crippen LogP contribution in [-0.4, -0.2) is 66.1 Å². The number of hydrogen-bond donors (Lipinski definition) is 0. The van der Waals surface area contributed by atoms with Crippen LogP contribution in [0.15, 0.2) is 146 Å². The molecule has 2 aliphatic heterocycles. The molecule has 2 aliphatic rings. The first-order chi connectivity index (χ1) is 36.1. The fourth-order valence-electron chi connectivity index (χ4n) is 11.1. The van der Waals surface area contributed by atoms with Crippen molar-refractivity contribution >= 4 is 63.8 Å². The Morgan fingerprint density at radius 2 is 0.904 bits per heavy atom. The van der Waals surface area contributed by atoms with Crippen LogP contribution in [0.4, 0.5) is 0 Å². The van der Waals surface area contributed by atoms with Crippen LogP contribution in [0.5, 0.6) is 0 Å². The zero-order valence-electron chi connectivity index (χ0n) is 42.9. The quantitative estimate of drug-likeness (QED) is 0.0420. The van der Waals surface area contributed by atoms with Crippen molar-refractivity contribution in [1.82, 2.24) is 0 Å². The molecule has 0 unspecified atom stereocenters. The van der Waals surface area contributed by atoms with Gasteiger partial charge in [0.1, 0.15) is 0 Å². The molecule has 1 aromatic heterocycles. The van der Waals surface area contributed by atoms with E-state index in [0.29, 0.717) is 13.2 Å². The van der Waals surface area contributed by atoms with Crippen LogP contribution in [0.1, 0.15) is 76.3 Å². The molecule has 7 heteroatoms. The third kappa shape index (κ3) is 10.6. The van der Waals surface area contributed by atoms with Gasteiger partial charge in [0.05, 0.1) is 52.9 Å². The maximum absolute atomic E-state index is 6.27. The van der Waals surface area contributed by atoms with E-state index >= 15 is 0 Å². The largest absolute Gasteiger partial charge is 0.381 e. The van der Waals surface area contributed by atoms with Gasteiger partial charge in [-0.05, 0) is 146 Å². The lowest BCUT2D eigenvalue weighted by atomic mass is 9.83. The van der Waals surface area contributed by atoms with Crippen LogP contribution < -0.4 is 0 Å². The predicted molar refractivity (Wildman–Crippen MR) is 304 cm³/mol. The fourth-order valence-corrected chi connectivity index (χ4v) is 12.2. The second-order valence-corrected chi connectivity index (χ2v) is 22.0. The summed E-state index contributed by atoms with van der Waals surface area (Å²) < 4.78 is 37.9. The lowest BCUT2D eigenvalue weighted by Crippen LogP contribution is -2.45. The first kappa shape index (κ1) is 49.7. The molecule has 0 saturated carbocycles. The van der Waals surface area contributed by atoms with E-state index in [2.05, 4.69) is 159 Å². The topological polar surface area (TPSA) is 55.4 Å². The van der Waals surface area contributed by atoms with Gasteiger partial charge in [-0.2, -0.15) is 0 Å². The Morgan fingerprint density at radius 3 is 1.45 bits per heavy atom. The summed E-state index contributed by atoms with van der Waals surface area (Å²) in [7, 11) is 0. The van der Waals surface area contributed by atoms with E-state index in [1.165, 1.54) is 97.0 Å². The van der Waals surface area contributed by atoms with E-state index in [9.17, 15) is 0 Å². The first-order valence-electron chi connectivity index (χ1n) is 27.0. The highest BCUT2D eigenvalue weighted by Crippen LogP contribution is 2.48. The lowest BCUT2D eigenvalue weighted by Gasteiger charge is -2.40. The van der Waals surface area contributed by atoms with Crippen molar-refractivity contribution in [2.45, 2.75) is 78.4 Å². The van der Waals surface area contributed by atoms with Crippen LogP contribution in [0.2, 0.25) is 0 Å². The SMILES string of the molecule is CCC1(COCCCCCOCc2ccc(-c3c4ccccc4c(-c4ccc(-c5cccc6sc7ccc(COCCCCCOCC8(CC)COC8)cc7c56)c5ccccc45)c4ccccc34)cc2)COC1. The van der Waals surface area contributed by atoms with E-state index in [0.717, 1.165) is 117 Å². The number of hydrogen-bond acceptors (Lipinski definition) is 7. The Hall–Kier alpha value is -5.48. The van der Waals surface area contributed by atoms with Gasteiger partial charge in [-0.1, -0.05) is 141 Å². The number of fused-ring (bicyclic) bond motifs is 6. The molecule has 11 rings (SSSR count). The molecule has 2 fully saturated rings. The van der Waals surface area contributed by atoms with Gasteiger partial charge < -0.3 is 28.4 Å². The van der Waals surface area contributed by atoms with Crippen LogP contribution in [0, 0.1) is 10.8 Å². The number of benzene rings is 8. The summed E-state index contributed by atoms with van der Waals surface area (Å²) in [5.41, 5.74) is 10.4. The standard InChI is InChI=1S/C66H70O6S/c1-3-65(43-71-44-65)41-69-36-15-5-13-34-67-39-47-26-29-49(30-27-47)62-54-20-9-11-22-56(54)63(57-23-12-10-21-55(57)62)58-32-31-52(50-18-7-8-19-51(50)58)53-24-17-25-61-64(53)59-38-48(28-33-60(59)73-61)40-68-35-14-6-16-37-70-42-66(4-2)45-72-46-66/h7-12,17-33,38H,3-6,13-16,34-37,39-46H2,1-2H3. The van der Waals surface area contributed by atoms with Crippen molar-refractivity contribution < 1.29 is 28.4 Å². The maximum atomic E-state index is 6.27. The lowest BCUT2D eigenvalue weighted by molar-refractivity contribution is -0.150. The third-order valence-corrected chi connectivity index (χ3v) is 17.0. The summed E-state index contributed by atoms with van der Waals surface area (Å²) in [5.74, 6) is 0. The third-order valence-electron chi connectivity index (χ3n) is 15.9. The highest BCUT2D eigenvalue weighted by molar-refractivity contribution is 7.26. The van der Waals surface area contributed by atoms with E-state index in [1.807, 2.05) is 11.3 Å². The molecule has 0 radical (unpaired) electrons. The normalized spacial score (nSPS) is 15.2. The number of ether oxygens (including phenoxy) is 6. The first-order valence-corrected chi connectivity index (χ1v) is 27.8. The molecule has 0 bridgehead atoms. The maximum Gasteiger partial charge on any atom is 0.0717 e. The monoisotopic (exact) mass is 990 g/mol. The van der Waals surface area contributed by atoms with Crippen molar-refractivity contribution in [3.8, 4) is 33.4 Å². The minimum atomic E-state index is 0.255. The second-order valence-electron chi connectivity index (χ2n) is 20.9. The molecule has 0 amide bonds. The minimum absolute atomic E-state index is 0.255. The molecule has 0 aliphatic carbocycles. The Bertz CT molecular complexity index is 3240. The summed E-state index contributed by atoms with van der Waals surface area (Å²) in [4.78, 5) is 0. The van der Waals surface area contributed by atoms with E-state index in [4.69, 9.17) is 28.4 Å². The molecule has 8 aromatic carbocycles. The minimum Gasteiger partial charge on any atom is -0.381 e. The molecule has 6 nitrogen and oxygen atoms in total. The Morgan fingerprint density at radius 1 is 0.411 bits per heavy atom. The molecular weight excluding hydrogens is 921 g/mol. The Kier molecular flexibility index (Phi) is 15.6. The number of thiophene rings is 1. The summed E-state index contributed by atoms with van der Waals surface area (Å²) >= 11 is 1.88. The number of unbranched alkanes of at least 4 members (excludes halogenated alkanes) is 4. The molecule has 2 saturated heterocycles. The smallest absolute Gasteiger partial charge is 0.0717 e. The van der Waals surface area contributed by atoms with Gasteiger partial charge >= 0.3 is 0 Å². The predicted octanol–water partition coefficient (Wildman–Crippen LogP) is 16.8. The van der Waals surface area contributed by atoms with Gasteiger partial charge in [0.2, 0.25) is 0 Å². The van der Waals surface area contributed by atoms with Gasteiger partial charge in [0, 0.05) is 57.4 Å². The second kappa shape index (κ2) is 23.0. The molecule has 376 valence electrons. The molecule has 9 aromatic rings. The highest BCUT2D eigenvalue weighted by atomic mass is 32.1. The molecule has 0 spiro atoms. The summed E-state index contributed by atoms with van der Waals surface area (Å²) in [5, 5.41) is 10.1. The molecule has 3 heterocycles. The van der Waals surface area contributed by atoms with Crippen LogP contribution in [0.3, 0.4) is 0 Å². The molecule has 73 heavy (non-hydrogen) atoms. The average molecular weight is 991 g/mol. The van der Waals surface area contributed by atoms with E-state index < -0.39 is 0 Å². The average Bonchev–Trinajstić information content (AvgIpc) is 3.79. The Balaban J connectivity index is 0.808.